The van der Waals surface area contributed by atoms with Crippen molar-refractivity contribution in [3.05, 3.63) is 75.7 Å². The van der Waals surface area contributed by atoms with Gasteiger partial charge in [-0.15, -0.1) is 0 Å². The summed E-state index contributed by atoms with van der Waals surface area (Å²) in [4.78, 5) is 32.5. The maximum absolute atomic E-state index is 14.3. The molecule has 1 aliphatic heterocycles. The molecule has 0 atom stereocenters. The van der Waals surface area contributed by atoms with Crippen molar-refractivity contribution in [3.63, 3.8) is 0 Å². The SMILES string of the molecule is Nc1ccc(NC(=O)c2ccc(=O)n(-c3c(F)cccc3F)n2)c(N2CCC3(CC3)C2)c1C=NC1CC1. The molecule has 8 nitrogen and oxygen atoms in total. The number of aliphatic imine (C=N–C) groups is 1. The summed E-state index contributed by atoms with van der Waals surface area (Å²) >= 11 is 0. The van der Waals surface area contributed by atoms with Crippen LogP contribution >= 0.6 is 0 Å². The Labute approximate surface area is 211 Å². The van der Waals surface area contributed by atoms with Crippen LogP contribution in [-0.4, -0.2) is 41.0 Å². The highest BCUT2D eigenvalue weighted by atomic mass is 19.1. The molecule has 1 amide bonds. The molecule has 1 spiro atoms. The predicted octanol–water partition coefficient (Wildman–Crippen LogP) is 3.92. The lowest BCUT2D eigenvalue weighted by atomic mass is 10.1. The molecular formula is C27H26F2N6O2. The van der Waals surface area contributed by atoms with E-state index in [-0.39, 0.29) is 5.69 Å². The van der Waals surface area contributed by atoms with Crippen LogP contribution in [0.5, 0.6) is 0 Å². The average Bonchev–Trinajstić information content (AvgIpc) is 3.79. The zero-order valence-electron chi connectivity index (χ0n) is 20.1. The third-order valence-corrected chi connectivity index (χ3v) is 7.35. The van der Waals surface area contributed by atoms with Crippen LogP contribution < -0.4 is 21.5 Å². The van der Waals surface area contributed by atoms with Gasteiger partial charge in [-0.1, -0.05) is 6.07 Å². The zero-order valence-corrected chi connectivity index (χ0v) is 20.1. The van der Waals surface area contributed by atoms with E-state index in [1.165, 1.54) is 25.0 Å². The fraction of sp³-hybridized carbons (Fsp3) is 0.333. The van der Waals surface area contributed by atoms with Crippen molar-refractivity contribution in [1.82, 2.24) is 9.78 Å². The van der Waals surface area contributed by atoms with Gasteiger partial charge in [0.15, 0.2) is 11.6 Å². The molecule has 0 bridgehead atoms. The maximum atomic E-state index is 14.3. The molecule has 3 aromatic rings. The van der Waals surface area contributed by atoms with Gasteiger partial charge < -0.3 is 16.0 Å². The van der Waals surface area contributed by atoms with Gasteiger partial charge in [-0.25, -0.2) is 8.78 Å². The number of amides is 1. The molecular weight excluding hydrogens is 478 g/mol. The smallest absolute Gasteiger partial charge is 0.276 e. The van der Waals surface area contributed by atoms with Crippen molar-refractivity contribution in [2.45, 2.75) is 38.1 Å². The second-order valence-electron chi connectivity index (χ2n) is 10.1. The number of nitrogens with one attached hydrogen (secondary N) is 1. The van der Waals surface area contributed by atoms with Gasteiger partial charge in [0.05, 0.1) is 17.4 Å². The minimum absolute atomic E-state index is 0.168. The Hall–Kier alpha value is -4.08. The van der Waals surface area contributed by atoms with Crippen molar-refractivity contribution in [3.8, 4) is 5.69 Å². The Morgan fingerprint density at radius 2 is 1.84 bits per heavy atom. The summed E-state index contributed by atoms with van der Waals surface area (Å²) in [5, 5.41) is 6.86. The van der Waals surface area contributed by atoms with Gasteiger partial charge in [0.1, 0.15) is 11.4 Å². The summed E-state index contributed by atoms with van der Waals surface area (Å²) in [5.74, 6) is -2.55. The first-order chi connectivity index (χ1) is 17.8. The Morgan fingerprint density at radius 1 is 1.08 bits per heavy atom. The molecule has 1 aromatic heterocycles. The van der Waals surface area contributed by atoms with Crippen LogP contribution in [0.1, 0.15) is 48.2 Å². The maximum Gasteiger partial charge on any atom is 0.276 e. The van der Waals surface area contributed by atoms with E-state index in [9.17, 15) is 18.4 Å². The van der Waals surface area contributed by atoms with Crippen molar-refractivity contribution in [2.24, 2.45) is 10.4 Å². The zero-order chi connectivity index (χ0) is 25.7. The third kappa shape index (κ3) is 4.47. The fourth-order valence-corrected chi connectivity index (χ4v) is 4.89. The van der Waals surface area contributed by atoms with Gasteiger partial charge in [-0.05, 0) is 67.9 Å². The number of benzene rings is 2. The lowest BCUT2D eigenvalue weighted by Crippen LogP contribution is -2.27. The largest absolute Gasteiger partial charge is 0.398 e. The number of nitrogen functional groups attached to an aromatic ring is 1. The minimum Gasteiger partial charge on any atom is -0.398 e. The quantitative estimate of drug-likeness (QED) is 0.391. The summed E-state index contributed by atoms with van der Waals surface area (Å²) in [5.41, 5.74) is 7.78. The standard InChI is InChI=1S/C27H26F2N6O2/c28-18-2-1-3-19(29)25(18)35-23(36)9-8-22(33-35)26(37)32-21-7-6-20(30)17(14-31-16-4-5-16)24(21)34-13-12-27(15-34)10-11-27/h1-3,6-9,14,16H,4-5,10-13,15,30H2,(H,32,37). The topological polar surface area (TPSA) is 106 Å². The number of hydrogen-bond donors (Lipinski definition) is 2. The van der Waals surface area contributed by atoms with Gasteiger partial charge in [-0.3, -0.25) is 14.6 Å². The molecule has 3 N–H and O–H groups in total. The summed E-state index contributed by atoms with van der Waals surface area (Å²) < 4.78 is 29.2. The predicted molar refractivity (Wildman–Crippen MR) is 138 cm³/mol. The molecule has 3 aliphatic rings. The Bertz CT molecular complexity index is 1470. The van der Waals surface area contributed by atoms with Gasteiger partial charge >= 0.3 is 0 Å². The van der Waals surface area contributed by atoms with Gasteiger partial charge in [0, 0.05) is 36.6 Å². The second-order valence-corrected chi connectivity index (χ2v) is 10.1. The van der Waals surface area contributed by atoms with Crippen molar-refractivity contribution in [2.75, 3.05) is 29.0 Å². The number of aromatic nitrogens is 2. The third-order valence-electron chi connectivity index (χ3n) is 7.35. The van der Waals surface area contributed by atoms with Crippen LogP contribution in [0.25, 0.3) is 5.69 Å². The van der Waals surface area contributed by atoms with E-state index < -0.39 is 28.8 Å². The van der Waals surface area contributed by atoms with Crippen LogP contribution in [0.15, 0.2) is 52.3 Å². The summed E-state index contributed by atoms with van der Waals surface area (Å²) in [6.45, 7) is 1.71. The van der Waals surface area contributed by atoms with Crippen LogP contribution in [0, 0.1) is 17.0 Å². The first-order valence-corrected chi connectivity index (χ1v) is 12.4. The molecule has 2 aromatic carbocycles. The average molecular weight is 505 g/mol. The van der Waals surface area contributed by atoms with E-state index in [2.05, 4.69) is 20.3 Å². The molecule has 2 saturated carbocycles. The van der Waals surface area contributed by atoms with Gasteiger partial charge in [0.25, 0.3) is 11.5 Å². The van der Waals surface area contributed by atoms with E-state index in [1.54, 1.807) is 18.3 Å². The first kappa shape index (κ1) is 23.3. The van der Waals surface area contributed by atoms with Gasteiger partial charge in [0.2, 0.25) is 0 Å². The molecule has 190 valence electrons. The molecule has 0 unspecified atom stereocenters. The van der Waals surface area contributed by atoms with E-state index in [0.29, 0.717) is 27.5 Å². The Morgan fingerprint density at radius 3 is 2.51 bits per heavy atom. The van der Waals surface area contributed by atoms with Crippen LogP contribution in [0.3, 0.4) is 0 Å². The van der Waals surface area contributed by atoms with Crippen molar-refractivity contribution in [1.29, 1.82) is 0 Å². The highest BCUT2D eigenvalue weighted by Crippen LogP contribution is 2.54. The number of carbonyl (C=O) groups is 1. The number of carbonyl (C=O) groups excluding carboxylic acids is 1. The Balaban J connectivity index is 1.37. The van der Waals surface area contributed by atoms with E-state index in [4.69, 9.17) is 5.73 Å². The number of anilines is 3. The minimum atomic E-state index is -0.962. The van der Waals surface area contributed by atoms with Crippen LogP contribution in [0.2, 0.25) is 0 Å². The molecule has 37 heavy (non-hydrogen) atoms. The first-order valence-electron chi connectivity index (χ1n) is 12.4. The number of para-hydroxylation sites is 1. The number of nitrogens with zero attached hydrogens (tertiary/aromatic N) is 4. The second kappa shape index (κ2) is 8.79. The molecule has 3 fully saturated rings. The molecule has 2 aliphatic carbocycles. The van der Waals surface area contributed by atoms with Crippen LogP contribution in [0.4, 0.5) is 25.8 Å². The summed E-state index contributed by atoms with van der Waals surface area (Å²) in [7, 11) is 0. The van der Waals surface area contributed by atoms with E-state index in [1.807, 2.05) is 0 Å². The molecule has 6 rings (SSSR count). The highest BCUT2D eigenvalue weighted by molar-refractivity contribution is 6.08. The lowest BCUT2D eigenvalue weighted by molar-refractivity contribution is 0.102. The van der Waals surface area contributed by atoms with Crippen LogP contribution in [-0.2, 0) is 0 Å². The molecule has 2 heterocycles. The number of nitrogens with two attached hydrogens (primary N) is 1. The number of rotatable bonds is 6. The monoisotopic (exact) mass is 504 g/mol. The van der Waals surface area contributed by atoms with E-state index >= 15 is 0 Å². The number of halogens is 2. The molecule has 1 saturated heterocycles. The lowest BCUT2D eigenvalue weighted by Gasteiger charge is -2.25. The molecule has 0 radical (unpaired) electrons. The summed E-state index contributed by atoms with van der Waals surface area (Å²) in [6, 6.07) is 9.29. The van der Waals surface area contributed by atoms with E-state index in [0.717, 1.165) is 61.8 Å². The highest BCUT2D eigenvalue weighted by Gasteiger charge is 2.48. The van der Waals surface area contributed by atoms with Gasteiger partial charge in [-0.2, -0.15) is 9.78 Å². The molecule has 10 heteroatoms. The summed E-state index contributed by atoms with van der Waals surface area (Å²) in [6.07, 6.45) is 7.37. The Kier molecular flexibility index (Phi) is 5.54. The van der Waals surface area contributed by atoms with Crippen molar-refractivity contribution < 1.29 is 13.6 Å². The normalized spacial score (nSPS) is 18.1. The number of hydrogen-bond acceptors (Lipinski definition) is 6. The van der Waals surface area contributed by atoms with Crippen molar-refractivity contribution >= 4 is 29.2 Å². The fourth-order valence-electron chi connectivity index (χ4n) is 4.89.